The van der Waals surface area contributed by atoms with Crippen LogP contribution in [-0.2, 0) is 6.54 Å². The average molecular weight is 287 g/mol. The molecule has 1 heterocycles. The summed E-state index contributed by atoms with van der Waals surface area (Å²) in [6, 6.07) is 22.9. The minimum atomic E-state index is 0.827. The molecule has 1 aromatic heterocycles. The van der Waals surface area contributed by atoms with E-state index >= 15 is 0 Å². The van der Waals surface area contributed by atoms with Crippen LogP contribution in [0.15, 0.2) is 71.1 Å². The van der Waals surface area contributed by atoms with E-state index < -0.39 is 0 Å². The quantitative estimate of drug-likeness (QED) is 0.537. The molecule has 0 bridgehead atoms. The largest absolute Gasteiger partial charge is 0.456 e. The summed E-state index contributed by atoms with van der Waals surface area (Å²) >= 11 is 0. The molecule has 0 unspecified atom stereocenters. The van der Waals surface area contributed by atoms with Gasteiger partial charge in [-0.15, -0.1) is 0 Å². The van der Waals surface area contributed by atoms with Gasteiger partial charge in [0.2, 0.25) is 0 Å². The van der Waals surface area contributed by atoms with Gasteiger partial charge in [0.1, 0.15) is 11.2 Å². The molecule has 0 saturated heterocycles. The van der Waals surface area contributed by atoms with Crippen molar-refractivity contribution in [2.45, 2.75) is 13.5 Å². The van der Waals surface area contributed by atoms with E-state index in [9.17, 15) is 0 Å². The second kappa shape index (κ2) is 5.23. The molecular weight excluding hydrogens is 270 g/mol. The molecule has 1 N–H and O–H groups in total. The highest BCUT2D eigenvalue weighted by molar-refractivity contribution is 6.05. The minimum absolute atomic E-state index is 0.827. The van der Waals surface area contributed by atoms with Crippen LogP contribution in [0.2, 0.25) is 0 Å². The molecule has 0 atom stereocenters. The van der Waals surface area contributed by atoms with Crippen molar-refractivity contribution < 1.29 is 4.42 Å². The summed E-state index contributed by atoms with van der Waals surface area (Å²) in [6.45, 7) is 2.97. The number of nitrogens with one attached hydrogen (secondary N) is 1. The van der Waals surface area contributed by atoms with Crippen LogP contribution in [0, 0.1) is 6.92 Å². The lowest BCUT2D eigenvalue weighted by Gasteiger charge is -2.09. The number of aryl methyl sites for hydroxylation is 1. The van der Waals surface area contributed by atoms with Gasteiger partial charge in [-0.05, 0) is 42.3 Å². The van der Waals surface area contributed by atoms with Gasteiger partial charge >= 0.3 is 0 Å². The fourth-order valence-electron chi connectivity index (χ4n) is 2.84. The Morgan fingerprint density at radius 2 is 1.59 bits per heavy atom. The zero-order chi connectivity index (χ0) is 14.9. The highest BCUT2D eigenvalue weighted by Gasteiger charge is 2.06. The van der Waals surface area contributed by atoms with E-state index in [1.165, 1.54) is 11.1 Å². The van der Waals surface area contributed by atoms with Gasteiger partial charge in [-0.3, -0.25) is 0 Å². The molecule has 4 rings (SSSR count). The molecule has 2 nitrogen and oxygen atoms in total. The molecule has 2 heteroatoms. The maximum absolute atomic E-state index is 5.86. The fourth-order valence-corrected chi connectivity index (χ4v) is 2.84. The van der Waals surface area contributed by atoms with Crippen molar-refractivity contribution in [3.05, 3.63) is 77.9 Å². The summed E-state index contributed by atoms with van der Waals surface area (Å²) < 4.78 is 5.86. The van der Waals surface area contributed by atoms with Crippen molar-refractivity contribution in [3.63, 3.8) is 0 Å². The molecule has 0 aliphatic rings. The number of benzene rings is 3. The Morgan fingerprint density at radius 3 is 2.50 bits per heavy atom. The number of rotatable bonds is 3. The molecule has 0 spiro atoms. The van der Waals surface area contributed by atoms with E-state index in [4.69, 9.17) is 4.42 Å². The van der Waals surface area contributed by atoms with Crippen LogP contribution in [0.25, 0.3) is 21.9 Å². The number of fused-ring (bicyclic) bond motifs is 3. The van der Waals surface area contributed by atoms with Crippen LogP contribution in [0.1, 0.15) is 11.1 Å². The molecule has 0 radical (unpaired) electrons. The summed E-state index contributed by atoms with van der Waals surface area (Å²) in [6.07, 6.45) is 0. The third-order valence-corrected chi connectivity index (χ3v) is 4.12. The van der Waals surface area contributed by atoms with Crippen LogP contribution >= 0.6 is 0 Å². The Labute approximate surface area is 129 Å². The highest BCUT2D eigenvalue weighted by Crippen LogP contribution is 2.30. The zero-order valence-electron chi connectivity index (χ0n) is 12.5. The summed E-state index contributed by atoms with van der Waals surface area (Å²) in [5.41, 5.74) is 5.61. The number of para-hydroxylation sites is 1. The van der Waals surface area contributed by atoms with E-state index in [1.807, 2.05) is 24.3 Å². The minimum Gasteiger partial charge on any atom is -0.456 e. The molecule has 108 valence electrons. The van der Waals surface area contributed by atoms with Gasteiger partial charge in [0.15, 0.2) is 0 Å². The van der Waals surface area contributed by atoms with E-state index in [-0.39, 0.29) is 0 Å². The van der Waals surface area contributed by atoms with Crippen LogP contribution < -0.4 is 5.32 Å². The Kier molecular flexibility index (Phi) is 3.08. The molecule has 0 aliphatic carbocycles. The van der Waals surface area contributed by atoms with E-state index in [2.05, 4.69) is 54.7 Å². The number of anilines is 1. The Bertz CT molecular complexity index is 952. The Balaban J connectivity index is 1.67. The van der Waals surface area contributed by atoms with Crippen molar-refractivity contribution in [1.82, 2.24) is 0 Å². The third-order valence-electron chi connectivity index (χ3n) is 4.12. The van der Waals surface area contributed by atoms with Crippen molar-refractivity contribution in [2.24, 2.45) is 0 Å². The van der Waals surface area contributed by atoms with Crippen molar-refractivity contribution in [1.29, 1.82) is 0 Å². The Morgan fingerprint density at radius 1 is 0.818 bits per heavy atom. The molecule has 0 amide bonds. The van der Waals surface area contributed by atoms with Crippen molar-refractivity contribution in [3.8, 4) is 0 Å². The molecule has 4 aromatic rings. The maximum Gasteiger partial charge on any atom is 0.135 e. The smallest absolute Gasteiger partial charge is 0.135 e. The standard InChI is InChI=1S/C20H17NO/c1-14-6-2-3-7-15(14)13-21-16-10-11-20-18(12-16)17-8-4-5-9-19(17)22-20/h2-12,21H,13H2,1H3. The number of hydrogen-bond acceptors (Lipinski definition) is 2. The van der Waals surface area contributed by atoms with Crippen LogP contribution in [0.4, 0.5) is 5.69 Å². The third kappa shape index (κ3) is 2.23. The molecule has 0 saturated carbocycles. The first-order chi connectivity index (χ1) is 10.8. The van der Waals surface area contributed by atoms with E-state index in [0.717, 1.165) is 34.2 Å². The lowest BCUT2D eigenvalue weighted by Crippen LogP contribution is -2.00. The molecule has 3 aromatic carbocycles. The molecule has 0 aliphatic heterocycles. The number of furan rings is 1. The lowest BCUT2D eigenvalue weighted by atomic mass is 10.1. The molecular formula is C20H17NO. The molecule has 22 heavy (non-hydrogen) atoms. The molecule has 0 fully saturated rings. The average Bonchev–Trinajstić information content (AvgIpc) is 2.92. The topological polar surface area (TPSA) is 25.2 Å². The first-order valence-electron chi connectivity index (χ1n) is 7.51. The first kappa shape index (κ1) is 13.0. The highest BCUT2D eigenvalue weighted by atomic mass is 16.3. The fraction of sp³-hybridized carbons (Fsp3) is 0.100. The zero-order valence-corrected chi connectivity index (χ0v) is 12.5. The summed E-state index contributed by atoms with van der Waals surface area (Å²) in [4.78, 5) is 0. The first-order valence-corrected chi connectivity index (χ1v) is 7.51. The van der Waals surface area contributed by atoms with E-state index in [1.54, 1.807) is 0 Å². The predicted octanol–water partition coefficient (Wildman–Crippen LogP) is 5.51. The van der Waals surface area contributed by atoms with Crippen LogP contribution in [0.3, 0.4) is 0 Å². The van der Waals surface area contributed by atoms with Crippen molar-refractivity contribution in [2.75, 3.05) is 5.32 Å². The lowest BCUT2D eigenvalue weighted by molar-refractivity contribution is 0.669. The van der Waals surface area contributed by atoms with Crippen LogP contribution in [0.5, 0.6) is 0 Å². The van der Waals surface area contributed by atoms with Crippen LogP contribution in [-0.4, -0.2) is 0 Å². The maximum atomic E-state index is 5.86. The van der Waals surface area contributed by atoms with Gasteiger partial charge in [-0.1, -0.05) is 42.5 Å². The second-order valence-corrected chi connectivity index (χ2v) is 5.59. The van der Waals surface area contributed by atoms with Gasteiger partial charge in [0, 0.05) is 23.0 Å². The van der Waals surface area contributed by atoms with Gasteiger partial charge in [0.25, 0.3) is 0 Å². The second-order valence-electron chi connectivity index (χ2n) is 5.59. The SMILES string of the molecule is Cc1ccccc1CNc1ccc2oc3ccccc3c2c1. The summed E-state index contributed by atoms with van der Waals surface area (Å²) in [5.74, 6) is 0. The van der Waals surface area contributed by atoms with Gasteiger partial charge in [-0.2, -0.15) is 0 Å². The summed E-state index contributed by atoms with van der Waals surface area (Å²) in [5, 5.41) is 5.83. The number of hydrogen-bond donors (Lipinski definition) is 1. The Hall–Kier alpha value is -2.74. The predicted molar refractivity (Wildman–Crippen MR) is 92.2 cm³/mol. The van der Waals surface area contributed by atoms with Gasteiger partial charge in [-0.25, -0.2) is 0 Å². The van der Waals surface area contributed by atoms with Gasteiger partial charge in [0.05, 0.1) is 0 Å². The van der Waals surface area contributed by atoms with Crippen molar-refractivity contribution >= 4 is 27.6 Å². The normalized spacial score (nSPS) is 11.1. The monoisotopic (exact) mass is 287 g/mol. The van der Waals surface area contributed by atoms with E-state index in [0.29, 0.717) is 0 Å². The summed E-state index contributed by atoms with van der Waals surface area (Å²) in [7, 11) is 0. The van der Waals surface area contributed by atoms with Gasteiger partial charge < -0.3 is 9.73 Å².